The summed E-state index contributed by atoms with van der Waals surface area (Å²) in [5.74, 6) is 0.295. The Morgan fingerprint density at radius 1 is 1.12 bits per heavy atom. The van der Waals surface area contributed by atoms with Gasteiger partial charge in [0.25, 0.3) is 0 Å². The largest absolute Gasteiger partial charge is 0.481 e. The summed E-state index contributed by atoms with van der Waals surface area (Å²) in [6.07, 6.45) is 4.17. The molecule has 1 N–H and O–H groups in total. The third-order valence-electron chi connectivity index (χ3n) is 3.46. The van der Waals surface area contributed by atoms with Gasteiger partial charge in [-0.3, -0.25) is 4.79 Å². The molecule has 0 rings (SSSR count). The van der Waals surface area contributed by atoms with Gasteiger partial charge in [0.15, 0.2) is 0 Å². The molecule has 0 aromatic carbocycles. The van der Waals surface area contributed by atoms with Crippen molar-refractivity contribution in [2.24, 2.45) is 23.7 Å². The van der Waals surface area contributed by atoms with Crippen molar-refractivity contribution in [3.05, 3.63) is 11.6 Å². The molecule has 0 aliphatic rings. The molecule has 0 aromatic rings. The van der Waals surface area contributed by atoms with Crippen molar-refractivity contribution in [3.63, 3.8) is 0 Å². The molecule has 0 bridgehead atoms. The van der Waals surface area contributed by atoms with Gasteiger partial charge in [-0.1, -0.05) is 52.2 Å². The predicted octanol–water partition coefficient (Wildman–Crippen LogP) is 4.36. The second-order valence-corrected chi connectivity index (χ2v) is 5.92. The zero-order valence-electron chi connectivity index (χ0n) is 12.2. The predicted molar refractivity (Wildman–Crippen MR) is 73.0 cm³/mol. The number of aliphatic carboxylic acids is 1. The summed E-state index contributed by atoms with van der Waals surface area (Å²) >= 11 is 0. The zero-order valence-corrected chi connectivity index (χ0v) is 12.2. The molecular formula is C15H28O2. The summed E-state index contributed by atoms with van der Waals surface area (Å²) in [7, 11) is 0. The van der Waals surface area contributed by atoms with Crippen LogP contribution in [0.15, 0.2) is 11.6 Å². The summed E-state index contributed by atoms with van der Waals surface area (Å²) in [5.41, 5.74) is 1.08. The van der Waals surface area contributed by atoms with Crippen LogP contribution < -0.4 is 0 Å². The van der Waals surface area contributed by atoms with Crippen LogP contribution in [0.5, 0.6) is 0 Å². The lowest BCUT2D eigenvalue weighted by molar-refractivity contribution is -0.142. The average molecular weight is 240 g/mol. The molecule has 0 heterocycles. The fourth-order valence-corrected chi connectivity index (χ4v) is 2.02. The van der Waals surface area contributed by atoms with Crippen molar-refractivity contribution in [1.82, 2.24) is 0 Å². The Hall–Kier alpha value is -0.790. The maximum Gasteiger partial charge on any atom is 0.310 e. The number of hydrogen-bond acceptors (Lipinski definition) is 1. The summed E-state index contributed by atoms with van der Waals surface area (Å²) in [6.45, 7) is 12.6. The van der Waals surface area contributed by atoms with Gasteiger partial charge in [-0.2, -0.15) is 0 Å². The number of rotatable bonds is 7. The molecular weight excluding hydrogens is 212 g/mol. The summed E-state index contributed by atoms with van der Waals surface area (Å²) < 4.78 is 0. The molecule has 100 valence electrons. The summed E-state index contributed by atoms with van der Waals surface area (Å²) in [5, 5.41) is 9.27. The average Bonchev–Trinajstić information content (AvgIpc) is 2.20. The van der Waals surface area contributed by atoms with E-state index in [4.69, 9.17) is 0 Å². The van der Waals surface area contributed by atoms with Crippen LogP contribution in [0.3, 0.4) is 0 Å². The first-order chi connectivity index (χ1) is 7.75. The Morgan fingerprint density at radius 3 is 2.00 bits per heavy atom. The third-order valence-corrected chi connectivity index (χ3v) is 3.46. The number of carbonyl (C=O) groups is 1. The Balaban J connectivity index is 4.55. The van der Waals surface area contributed by atoms with E-state index in [1.165, 1.54) is 6.42 Å². The molecule has 0 amide bonds. The Labute approximate surface area is 106 Å². The van der Waals surface area contributed by atoms with Crippen LogP contribution in [0.4, 0.5) is 0 Å². The summed E-state index contributed by atoms with van der Waals surface area (Å²) in [4.78, 5) is 11.3. The van der Waals surface area contributed by atoms with E-state index in [0.29, 0.717) is 11.8 Å². The van der Waals surface area contributed by atoms with Crippen molar-refractivity contribution in [3.8, 4) is 0 Å². The van der Waals surface area contributed by atoms with Gasteiger partial charge in [0, 0.05) is 0 Å². The van der Waals surface area contributed by atoms with Crippen LogP contribution in [-0.2, 0) is 4.79 Å². The monoisotopic (exact) mass is 240 g/mol. The van der Waals surface area contributed by atoms with Gasteiger partial charge in [-0.05, 0) is 31.6 Å². The first-order valence-electron chi connectivity index (χ1n) is 6.63. The lowest BCUT2D eigenvalue weighted by Gasteiger charge is -2.25. The molecule has 0 radical (unpaired) electrons. The topological polar surface area (TPSA) is 37.3 Å². The molecule has 2 heteroatoms. The fraction of sp³-hybridized carbons (Fsp3) is 0.800. The van der Waals surface area contributed by atoms with Crippen molar-refractivity contribution in [1.29, 1.82) is 0 Å². The number of carboxylic acid groups (broad SMARTS) is 1. The van der Waals surface area contributed by atoms with Crippen LogP contribution in [0.1, 0.15) is 54.4 Å². The second kappa shape index (κ2) is 7.52. The van der Waals surface area contributed by atoms with Gasteiger partial charge in [0.2, 0.25) is 0 Å². The van der Waals surface area contributed by atoms with Crippen LogP contribution in [-0.4, -0.2) is 11.1 Å². The van der Waals surface area contributed by atoms with Crippen molar-refractivity contribution in [2.75, 3.05) is 0 Å². The second-order valence-electron chi connectivity index (χ2n) is 5.92. The molecule has 3 unspecified atom stereocenters. The lowest BCUT2D eigenvalue weighted by Crippen LogP contribution is -2.25. The standard InChI is InChI=1S/C15H28O2/c1-10(2)7-8-12(5)13(6)14(15(16)17)9-11(3)4/h9-10,12-14H,7-8H2,1-6H3,(H,16,17). The van der Waals surface area contributed by atoms with Crippen molar-refractivity contribution in [2.45, 2.75) is 54.4 Å². The first-order valence-corrected chi connectivity index (χ1v) is 6.63. The first kappa shape index (κ1) is 16.2. The molecule has 0 saturated heterocycles. The van der Waals surface area contributed by atoms with Crippen molar-refractivity contribution < 1.29 is 9.90 Å². The van der Waals surface area contributed by atoms with E-state index in [9.17, 15) is 9.90 Å². The number of carboxylic acids is 1. The van der Waals surface area contributed by atoms with Gasteiger partial charge in [0.05, 0.1) is 5.92 Å². The van der Waals surface area contributed by atoms with E-state index in [-0.39, 0.29) is 11.8 Å². The molecule has 0 aliphatic heterocycles. The van der Waals surface area contributed by atoms with Crippen LogP contribution in [0.2, 0.25) is 0 Å². The van der Waals surface area contributed by atoms with Gasteiger partial charge in [-0.25, -0.2) is 0 Å². The van der Waals surface area contributed by atoms with E-state index >= 15 is 0 Å². The molecule has 0 spiro atoms. The Kier molecular flexibility index (Phi) is 7.17. The van der Waals surface area contributed by atoms with E-state index in [2.05, 4.69) is 27.7 Å². The highest BCUT2D eigenvalue weighted by Crippen LogP contribution is 2.27. The van der Waals surface area contributed by atoms with E-state index < -0.39 is 5.97 Å². The fourth-order valence-electron chi connectivity index (χ4n) is 2.02. The van der Waals surface area contributed by atoms with Gasteiger partial charge in [0.1, 0.15) is 0 Å². The van der Waals surface area contributed by atoms with Crippen LogP contribution in [0, 0.1) is 23.7 Å². The highest BCUT2D eigenvalue weighted by molar-refractivity contribution is 5.72. The minimum Gasteiger partial charge on any atom is -0.481 e. The maximum absolute atomic E-state index is 11.3. The van der Waals surface area contributed by atoms with Gasteiger partial charge < -0.3 is 5.11 Å². The molecule has 0 aromatic heterocycles. The highest BCUT2D eigenvalue weighted by atomic mass is 16.4. The minimum absolute atomic E-state index is 0.196. The summed E-state index contributed by atoms with van der Waals surface area (Å²) in [6, 6.07) is 0. The normalized spacial score (nSPS) is 16.4. The van der Waals surface area contributed by atoms with Crippen LogP contribution in [0.25, 0.3) is 0 Å². The quantitative estimate of drug-likeness (QED) is 0.671. The van der Waals surface area contributed by atoms with Gasteiger partial charge >= 0.3 is 5.97 Å². The molecule has 2 nitrogen and oxygen atoms in total. The smallest absolute Gasteiger partial charge is 0.310 e. The van der Waals surface area contributed by atoms with Crippen molar-refractivity contribution >= 4 is 5.97 Å². The zero-order chi connectivity index (χ0) is 13.6. The maximum atomic E-state index is 11.3. The SMILES string of the molecule is CC(C)=CC(C(=O)O)C(C)C(C)CCC(C)C. The number of hydrogen-bond donors (Lipinski definition) is 1. The Morgan fingerprint density at radius 2 is 1.65 bits per heavy atom. The van der Waals surface area contributed by atoms with E-state index in [0.717, 1.165) is 12.0 Å². The van der Waals surface area contributed by atoms with E-state index in [1.54, 1.807) is 0 Å². The molecule has 17 heavy (non-hydrogen) atoms. The van der Waals surface area contributed by atoms with Gasteiger partial charge in [-0.15, -0.1) is 0 Å². The molecule has 0 fully saturated rings. The number of allylic oxidation sites excluding steroid dienone is 1. The Bertz CT molecular complexity index is 262. The third kappa shape index (κ3) is 6.50. The lowest BCUT2D eigenvalue weighted by atomic mass is 9.80. The highest BCUT2D eigenvalue weighted by Gasteiger charge is 2.26. The molecule has 0 saturated carbocycles. The van der Waals surface area contributed by atoms with E-state index in [1.807, 2.05) is 19.9 Å². The molecule has 3 atom stereocenters. The minimum atomic E-state index is -0.699. The molecule has 0 aliphatic carbocycles. The van der Waals surface area contributed by atoms with Crippen LogP contribution >= 0.6 is 0 Å².